The molecule has 0 bridgehead atoms. The molecule has 0 saturated heterocycles. The van der Waals surface area contributed by atoms with Gasteiger partial charge in [-0.1, -0.05) is 18.2 Å². The number of rotatable bonds is 5. The number of ketones is 1. The van der Waals surface area contributed by atoms with Crippen molar-refractivity contribution in [2.24, 2.45) is 0 Å². The summed E-state index contributed by atoms with van der Waals surface area (Å²) in [6.45, 7) is 0. The lowest BCUT2D eigenvalue weighted by atomic mass is 10.1. The van der Waals surface area contributed by atoms with Gasteiger partial charge in [-0.05, 0) is 29.1 Å². The van der Waals surface area contributed by atoms with Gasteiger partial charge in [0.15, 0.2) is 17.3 Å². The summed E-state index contributed by atoms with van der Waals surface area (Å²) in [7, 11) is 1.50. The highest BCUT2D eigenvalue weighted by atomic mass is 32.1. The molecule has 0 aliphatic rings. The van der Waals surface area contributed by atoms with Crippen LogP contribution < -0.4 is 4.74 Å². The Morgan fingerprint density at radius 1 is 1.42 bits per heavy atom. The number of Topliss-reactive ketones (excluding diaryl/α,β-unsaturated/α-hetero) is 1. The molecule has 0 unspecified atom stereocenters. The molecule has 0 saturated carbocycles. The minimum Gasteiger partial charge on any atom is -0.504 e. The van der Waals surface area contributed by atoms with Crippen molar-refractivity contribution in [1.82, 2.24) is 0 Å². The number of aromatic hydroxyl groups is 1. The zero-order valence-electron chi connectivity index (χ0n) is 10.5. The zero-order chi connectivity index (χ0) is 13.7. The van der Waals surface area contributed by atoms with Crippen LogP contribution in [0.5, 0.6) is 11.5 Å². The lowest BCUT2D eigenvalue weighted by Crippen LogP contribution is -1.93. The number of carbonyl (C=O) groups is 1. The molecule has 0 atom stereocenters. The molecule has 0 amide bonds. The molecule has 0 spiro atoms. The van der Waals surface area contributed by atoms with Crippen molar-refractivity contribution < 1.29 is 14.6 Å². The SMILES string of the molecule is COc1cc(/C=C/CC(=O)c2ccsc2)ccc1O. The monoisotopic (exact) mass is 274 g/mol. The first kappa shape index (κ1) is 13.4. The van der Waals surface area contributed by atoms with E-state index in [-0.39, 0.29) is 11.5 Å². The molecule has 1 aromatic carbocycles. The van der Waals surface area contributed by atoms with Crippen LogP contribution in [0.4, 0.5) is 0 Å². The van der Waals surface area contributed by atoms with Gasteiger partial charge in [-0.15, -0.1) is 0 Å². The van der Waals surface area contributed by atoms with Crippen molar-refractivity contribution in [1.29, 1.82) is 0 Å². The fourth-order valence-corrected chi connectivity index (χ4v) is 2.30. The molecule has 2 aromatic rings. The summed E-state index contributed by atoms with van der Waals surface area (Å²) in [5.41, 5.74) is 1.63. The number of phenols is 1. The number of ether oxygens (including phenoxy) is 1. The maximum absolute atomic E-state index is 11.8. The van der Waals surface area contributed by atoms with Gasteiger partial charge in [0.2, 0.25) is 0 Å². The maximum atomic E-state index is 11.8. The third kappa shape index (κ3) is 3.45. The topological polar surface area (TPSA) is 46.5 Å². The summed E-state index contributed by atoms with van der Waals surface area (Å²) >= 11 is 1.52. The van der Waals surface area contributed by atoms with E-state index in [2.05, 4.69) is 0 Å². The van der Waals surface area contributed by atoms with E-state index in [1.54, 1.807) is 18.2 Å². The molecule has 4 heteroatoms. The van der Waals surface area contributed by atoms with Crippen LogP contribution in [0, 0.1) is 0 Å². The number of thiophene rings is 1. The molecule has 0 aliphatic heterocycles. The van der Waals surface area contributed by atoms with Crippen molar-refractivity contribution in [3.05, 3.63) is 52.2 Å². The fraction of sp³-hybridized carbons (Fsp3) is 0.133. The number of hydrogen-bond donors (Lipinski definition) is 1. The van der Waals surface area contributed by atoms with Crippen LogP contribution in [0.2, 0.25) is 0 Å². The van der Waals surface area contributed by atoms with Crippen molar-refractivity contribution in [2.75, 3.05) is 7.11 Å². The number of methoxy groups -OCH3 is 1. The first-order valence-electron chi connectivity index (χ1n) is 5.79. The van der Waals surface area contributed by atoms with Gasteiger partial charge in [-0.25, -0.2) is 0 Å². The van der Waals surface area contributed by atoms with Crippen LogP contribution in [0.3, 0.4) is 0 Å². The van der Waals surface area contributed by atoms with E-state index in [9.17, 15) is 9.90 Å². The lowest BCUT2D eigenvalue weighted by Gasteiger charge is -2.03. The molecule has 19 heavy (non-hydrogen) atoms. The molecule has 1 heterocycles. The Morgan fingerprint density at radius 2 is 2.26 bits per heavy atom. The second-order valence-corrected chi connectivity index (χ2v) is 4.75. The van der Waals surface area contributed by atoms with Crippen molar-refractivity contribution in [3.8, 4) is 11.5 Å². The van der Waals surface area contributed by atoms with Gasteiger partial charge < -0.3 is 9.84 Å². The normalized spacial score (nSPS) is 10.8. The third-order valence-electron chi connectivity index (χ3n) is 2.66. The Labute approximate surface area is 115 Å². The highest BCUT2D eigenvalue weighted by Crippen LogP contribution is 2.26. The summed E-state index contributed by atoms with van der Waals surface area (Å²) in [5.74, 6) is 0.628. The first-order chi connectivity index (χ1) is 9.20. The molecular formula is C15H14O3S. The molecule has 3 nitrogen and oxygen atoms in total. The van der Waals surface area contributed by atoms with E-state index in [0.717, 1.165) is 11.1 Å². The Balaban J connectivity index is 2.01. The number of phenolic OH excluding ortho intramolecular Hbond substituents is 1. The average Bonchev–Trinajstić information content (AvgIpc) is 2.94. The number of allylic oxidation sites excluding steroid dienone is 1. The molecule has 1 aromatic heterocycles. The summed E-state index contributed by atoms with van der Waals surface area (Å²) in [6.07, 6.45) is 4.01. The largest absolute Gasteiger partial charge is 0.504 e. The zero-order valence-corrected chi connectivity index (χ0v) is 11.3. The van der Waals surface area contributed by atoms with Gasteiger partial charge in [0.05, 0.1) is 7.11 Å². The third-order valence-corrected chi connectivity index (χ3v) is 3.34. The van der Waals surface area contributed by atoms with Gasteiger partial charge in [-0.2, -0.15) is 11.3 Å². The Kier molecular flexibility index (Phi) is 4.36. The van der Waals surface area contributed by atoms with Gasteiger partial charge in [0.25, 0.3) is 0 Å². The van der Waals surface area contributed by atoms with E-state index >= 15 is 0 Å². The summed E-state index contributed by atoms with van der Waals surface area (Å²) in [5, 5.41) is 13.2. The van der Waals surface area contributed by atoms with E-state index in [4.69, 9.17) is 4.74 Å². The molecule has 0 aliphatic carbocycles. The van der Waals surface area contributed by atoms with E-state index in [1.807, 2.05) is 29.0 Å². The van der Waals surface area contributed by atoms with Crippen molar-refractivity contribution in [2.45, 2.75) is 6.42 Å². The van der Waals surface area contributed by atoms with E-state index < -0.39 is 0 Å². The number of carbonyl (C=O) groups excluding carboxylic acids is 1. The Hall–Kier alpha value is -2.07. The van der Waals surface area contributed by atoms with Crippen LogP contribution in [0.25, 0.3) is 6.08 Å². The van der Waals surface area contributed by atoms with Crippen LogP contribution in [-0.2, 0) is 0 Å². The first-order valence-corrected chi connectivity index (χ1v) is 6.74. The molecule has 0 fully saturated rings. The van der Waals surface area contributed by atoms with Gasteiger partial charge in [0, 0.05) is 17.4 Å². The van der Waals surface area contributed by atoms with Gasteiger partial charge >= 0.3 is 0 Å². The van der Waals surface area contributed by atoms with Crippen LogP contribution >= 0.6 is 11.3 Å². The Bertz CT molecular complexity index is 585. The molecule has 2 rings (SSSR count). The van der Waals surface area contributed by atoms with Crippen molar-refractivity contribution >= 4 is 23.2 Å². The number of hydrogen-bond acceptors (Lipinski definition) is 4. The highest BCUT2D eigenvalue weighted by Gasteiger charge is 2.03. The number of benzene rings is 1. The second kappa shape index (κ2) is 6.20. The predicted molar refractivity (Wildman–Crippen MR) is 77.0 cm³/mol. The standard InChI is InChI=1S/C15H14O3S/c1-18-15-9-11(5-6-14(15)17)3-2-4-13(16)12-7-8-19-10-12/h2-3,5-10,17H,4H2,1H3/b3-2+. The maximum Gasteiger partial charge on any atom is 0.167 e. The summed E-state index contributed by atoms with van der Waals surface area (Å²) < 4.78 is 5.02. The van der Waals surface area contributed by atoms with E-state index in [0.29, 0.717) is 12.2 Å². The van der Waals surface area contributed by atoms with Crippen LogP contribution in [-0.4, -0.2) is 18.0 Å². The highest BCUT2D eigenvalue weighted by molar-refractivity contribution is 7.08. The summed E-state index contributed by atoms with van der Waals surface area (Å²) in [4.78, 5) is 11.8. The smallest absolute Gasteiger partial charge is 0.167 e. The van der Waals surface area contributed by atoms with Crippen LogP contribution in [0.1, 0.15) is 22.3 Å². The molecular weight excluding hydrogens is 260 g/mol. The molecule has 0 radical (unpaired) electrons. The summed E-state index contributed by atoms with van der Waals surface area (Å²) in [6, 6.07) is 6.88. The molecule has 1 N–H and O–H groups in total. The lowest BCUT2D eigenvalue weighted by molar-refractivity contribution is 0.0996. The fourth-order valence-electron chi connectivity index (χ4n) is 1.64. The predicted octanol–water partition coefficient (Wildman–Crippen LogP) is 3.75. The van der Waals surface area contributed by atoms with Crippen LogP contribution in [0.15, 0.2) is 41.1 Å². The van der Waals surface area contributed by atoms with Gasteiger partial charge in [0.1, 0.15) is 0 Å². The minimum absolute atomic E-state index is 0.100. The average molecular weight is 274 g/mol. The van der Waals surface area contributed by atoms with Gasteiger partial charge in [-0.3, -0.25) is 4.79 Å². The molecule has 98 valence electrons. The van der Waals surface area contributed by atoms with E-state index in [1.165, 1.54) is 18.4 Å². The second-order valence-electron chi connectivity index (χ2n) is 3.97. The minimum atomic E-state index is 0.100. The van der Waals surface area contributed by atoms with Crippen molar-refractivity contribution in [3.63, 3.8) is 0 Å². The quantitative estimate of drug-likeness (QED) is 0.845. The Morgan fingerprint density at radius 3 is 2.95 bits per heavy atom.